The van der Waals surface area contributed by atoms with Gasteiger partial charge in [-0.2, -0.15) is 0 Å². The molecule has 0 aliphatic heterocycles. The molecule has 1 atom stereocenters. The summed E-state index contributed by atoms with van der Waals surface area (Å²) in [4.78, 5) is 13.5. The van der Waals surface area contributed by atoms with E-state index in [0.717, 1.165) is 25.7 Å². The number of nitrogens with zero attached hydrogens (tertiary/aromatic N) is 1. The van der Waals surface area contributed by atoms with Crippen LogP contribution in [-0.4, -0.2) is 49.3 Å². The number of rotatable bonds is 5. The number of carbonyl (C=O) groups excluding carboxylic acids is 1. The van der Waals surface area contributed by atoms with E-state index in [1.54, 1.807) is 0 Å². The van der Waals surface area contributed by atoms with Crippen LogP contribution in [0.25, 0.3) is 0 Å². The summed E-state index contributed by atoms with van der Waals surface area (Å²) in [6.07, 6.45) is 4.44. The van der Waals surface area contributed by atoms with E-state index in [4.69, 9.17) is 4.74 Å². The van der Waals surface area contributed by atoms with Crippen LogP contribution in [0.2, 0.25) is 0 Å². The van der Waals surface area contributed by atoms with Crippen molar-refractivity contribution in [2.45, 2.75) is 38.2 Å². The summed E-state index contributed by atoms with van der Waals surface area (Å²) in [6, 6.07) is 0. The van der Waals surface area contributed by atoms with Gasteiger partial charge in [-0.15, -0.1) is 0 Å². The fraction of sp³-hybridized carbons (Fsp3) is 0.917. The molecular weight excluding hydrogens is 206 g/mol. The predicted molar refractivity (Wildman–Crippen MR) is 62.1 cm³/mol. The van der Waals surface area contributed by atoms with Gasteiger partial charge in [0, 0.05) is 6.54 Å². The van der Waals surface area contributed by atoms with Gasteiger partial charge in [0.1, 0.15) is 6.61 Å². The highest BCUT2D eigenvalue weighted by molar-refractivity contribution is 5.74. The Labute approximate surface area is 97.6 Å². The van der Waals surface area contributed by atoms with E-state index in [1.165, 1.54) is 6.42 Å². The fourth-order valence-electron chi connectivity index (χ4n) is 2.06. The summed E-state index contributed by atoms with van der Waals surface area (Å²) < 4.78 is 5.04. The molecule has 94 valence electrons. The third kappa shape index (κ3) is 4.49. The van der Waals surface area contributed by atoms with Crippen molar-refractivity contribution in [2.24, 2.45) is 5.92 Å². The van der Waals surface area contributed by atoms with Gasteiger partial charge in [-0.3, -0.25) is 0 Å². The molecule has 0 radical (unpaired) electrons. The van der Waals surface area contributed by atoms with Crippen LogP contribution in [0.5, 0.6) is 0 Å². The van der Waals surface area contributed by atoms with Crippen LogP contribution in [0.4, 0.5) is 0 Å². The zero-order valence-corrected chi connectivity index (χ0v) is 10.3. The van der Waals surface area contributed by atoms with Crippen LogP contribution in [-0.2, 0) is 9.53 Å². The molecule has 16 heavy (non-hydrogen) atoms. The number of aliphatic hydroxyl groups is 1. The molecule has 0 saturated heterocycles. The molecule has 0 aromatic carbocycles. The van der Waals surface area contributed by atoms with Gasteiger partial charge in [0.05, 0.1) is 0 Å². The summed E-state index contributed by atoms with van der Waals surface area (Å²) in [5.74, 6) is -0.339. The van der Waals surface area contributed by atoms with E-state index in [0.29, 0.717) is 13.2 Å². The molecule has 1 unspecified atom stereocenters. The minimum Gasteiger partial charge on any atom is -0.462 e. The average molecular weight is 229 g/mol. The van der Waals surface area contributed by atoms with Crippen LogP contribution >= 0.6 is 0 Å². The van der Waals surface area contributed by atoms with Gasteiger partial charge in [0.2, 0.25) is 0 Å². The number of carbonyl (C=O) groups is 1. The molecule has 4 heteroatoms. The third-order valence-electron chi connectivity index (χ3n) is 3.12. The Bertz CT molecular complexity index is 212. The SMILES string of the molecule is CN(C)CCOC(=O)C(O)C1CCCCC1. The summed E-state index contributed by atoms with van der Waals surface area (Å²) in [7, 11) is 3.84. The van der Waals surface area contributed by atoms with Crippen LogP contribution in [0, 0.1) is 5.92 Å². The second-order valence-corrected chi connectivity index (χ2v) is 4.81. The van der Waals surface area contributed by atoms with E-state index < -0.39 is 12.1 Å². The Kier molecular flexibility index (Phi) is 5.77. The maximum absolute atomic E-state index is 11.5. The minimum absolute atomic E-state index is 0.112. The number of likely N-dealkylation sites (N-methyl/N-ethyl adjacent to an activating group) is 1. The maximum Gasteiger partial charge on any atom is 0.335 e. The minimum atomic E-state index is -0.914. The third-order valence-corrected chi connectivity index (χ3v) is 3.12. The molecule has 1 fully saturated rings. The number of ether oxygens (including phenoxy) is 1. The summed E-state index contributed by atoms with van der Waals surface area (Å²) in [5, 5.41) is 9.82. The van der Waals surface area contributed by atoms with Gasteiger partial charge in [-0.05, 0) is 32.9 Å². The highest BCUT2D eigenvalue weighted by atomic mass is 16.5. The Hall–Kier alpha value is -0.610. The van der Waals surface area contributed by atoms with Crippen molar-refractivity contribution in [1.29, 1.82) is 0 Å². The van der Waals surface area contributed by atoms with Crippen molar-refractivity contribution in [2.75, 3.05) is 27.2 Å². The molecule has 0 spiro atoms. The standard InChI is InChI=1S/C12H23NO3/c1-13(2)8-9-16-12(15)11(14)10-6-4-3-5-7-10/h10-11,14H,3-9H2,1-2H3. The molecule has 0 bridgehead atoms. The summed E-state index contributed by atoms with van der Waals surface area (Å²) in [6.45, 7) is 1.05. The Morgan fingerprint density at radius 3 is 2.56 bits per heavy atom. The number of hydrogen-bond donors (Lipinski definition) is 1. The number of hydrogen-bond acceptors (Lipinski definition) is 4. The van der Waals surface area contributed by atoms with Gasteiger partial charge in [-0.25, -0.2) is 4.79 Å². The normalized spacial score (nSPS) is 19.8. The Morgan fingerprint density at radius 2 is 2.00 bits per heavy atom. The van der Waals surface area contributed by atoms with Gasteiger partial charge >= 0.3 is 5.97 Å². The molecule has 0 amide bonds. The van der Waals surface area contributed by atoms with Gasteiger partial charge in [0.15, 0.2) is 6.10 Å². The van der Waals surface area contributed by atoms with E-state index in [2.05, 4.69) is 0 Å². The molecule has 1 aliphatic rings. The monoisotopic (exact) mass is 229 g/mol. The van der Waals surface area contributed by atoms with Crippen molar-refractivity contribution in [1.82, 2.24) is 4.90 Å². The van der Waals surface area contributed by atoms with Crippen molar-refractivity contribution in [3.05, 3.63) is 0 Å². The quantitative estimate of drug-likeness (QED) is 0.715. The zero-order valence-electron chi connectivity index (χ0n) is 10.3. The van der Waals surface area contributed by atoms with Gasteiger partial charge in [0.25, 0.3) is 0 Å². The van der Waals surface area contributed by atoms with Crippen LogP contribution in [0.15, 0.2) is 0 Å². The average Bonchev–Trinajstić information content (AvgIpc) is 2.28. The highest BCUT2D eigenvalue weighted by Gasteiger charge is 2.28. The number of esters is 1. The first-order chi connectivity index (χ1) is 7.61. The molecular formula is C12H23NO3. The van der Waals surface area contributed by atoms with E-state index in [9.17, 15) is 9.90 Å². The second-order valence-electron chi connectivity index (χ2n) is 4.81. The lowest BCUT2D eigenvalue weighted by molar-refractivity contribution is -0.157. The van der Waals surface area contributed by atoms with E-state index in [-0.39, 0.29) is 5.92 Å². The highest BCUT2D eigenvalue weighted by Crippen LogP contribution is 2.26. The van der Waals surface area contributed by atoms with Crippen molar-refractivity contribution in [3.63, 3.8) is 0 Å². The van der Waals surface area contributed by atoms with Crippen molar-refractivity contribution < 1.29 is 14.6 Å². The molecule has 1 saturated carbocycles. The number of aliphatic hydroxyl groups excluding tert-OH is 1. The molecule has 0 aromatic heterocycles. The van der Waals surface area contributed by atoms with Crippen LogP contribution in [0.3, 0.4) is 0 Å². The second kappa shape index (κ2) is 6.86. The van der Waals surface area contributed by atoms with E-state index >= 15 is 0 Å². The smallest absolute Gasteiger partial charge is 0.335 e. The Balaban J connectivity index is 2.23. The van der Waals surface area contributed by atoms with Crippen LogP contribution in [0.1, 0.15) is 32.1 Å². The summed E-state index contributed by atoms with van der Waals surface area (Å²) >= 11 is 0. The lowest BCUT2D eigenvalue weighted by Crippen LogP contribution is -2.34. The van der Waals surface area contributed by atoms with Crippen LogP contribution < -0.4 is 0 Å². The van der Waals surface area contributed by atoms with Crippen molar-refractivity contribution >= 4 is 5.97 Å². The molecule has 0 aromatic rings. The maximum atomic E-state index is 11.5. The first-order valence-corrected chi connectivity index (χ1v) is 6.10. The molecule has 4 nitrogen and oxygen atoms in total. The summed E-state index contributed by atoms with van der Waals surface area (Å²) in [5.41, 5.74) is 0. The lowest BCUT2D eigenvalue weighted by Gasteiger charge is -2.25. The van der Waals surface area contributed by atoms with E-state index in [1.807, 2.05) is 19.0 Å². The Morgan fingerprint density at radius 1 is 1.38 bits per heavy atom. The lowest BCUT2D eigenvalue weighted by atomic mass is 9.85. The molecule has 1 aliphatic carbocycles. The van der Waals surface area contributed by atoms with Gasteiger partial charge in [-0.1, -0.05) is 19.3 Å². The molecule has 0 heterocycles. The predicted octanol–water partition coefficient (Wildman–Crippen LogP) is 1.03. The first-order valence-electron chi connectivity index (χ1n) is 6.10. The first kappa shape index (κ1) is 13.5. The fourth-order valence-corrected chi connectivity index (χ4v) is 2.06. The zero-order chi connectivity index (χ0) is 12.0. The molecule has 1 N–H and O–H groups in total. The molecule has 1 rings (SSSR count). The largest absolute Gasteiger partial charge is 0.462 e. The van der Waals surface area contributed by atoms with Gasteiger partial charge < -0.3 is 14.7 Å². The topological polar surface area (TPSA) is 49.8 Å². The van der Waals surface area contributed by atoms with Crippen molar-refractivity contribution in [3.8, 4) is 0 Å².